The van der Waals surface area contributed by atoms with Crippen molar-refractivity contribution in [3.63, 3.8) is 0 Å². The van der Waals surface area contributed by atoms with Crippen molar-refractivity contribution in [2.24, 2.45) is 10.2 Å². The molecular weight excluding hydrogens is 430 g/mol. The van der Waals surface area contributed by atoms with Crippen LogP contribution in [0.4, 0.5) is 16.5 Å². The molecule has 2 aromatic heterocycles. The van der Waals surface area contributed by atoms with Gasteiger partial charge in [0.1, 0.15) is 5.75 Å². The number of anilines is 1. The van der Waals surface area contributed by atoms with Crippen LogP contribution in [0.15, 0.2) is 83.3 Å². The average Bonchev–Trinajstić information content (AvgIpc) is 3.23. The summed E-state index contributed by atoms with van der Waals surface area (Å²) in [4.78, 5) is 6.78. The quantitative estimate of drug-likeness (QED) is 0.184. The van der Waals surface area contributed by atoms with E-state index in [1.807, 2.05) is 48.5 Å². The van der Waals surface area contributed by atoms with Crippen LogP contribution in [0.1, 0.15) is 0 Å². The van der Waals surface area contributed by atoms with Crippen LogP contribution < -0.4 is 14.2 Å². The number of hydrogen-bond acceptors (Lipinski definition) is 6. The maximum Gasteiger partial charge on any atom is 0.231 e. The van der Waals surface area contributed by atoms with Gasteiger partial charge in [-0.2, -0.15) is 0 Å². The van der Waals surface area contributed by atoms with E-state index >= 15 is 0 Å². The van der Waals surface area contributed by atoms with Crippen molar-refractivity contribution < 1.29 is 9.30 Å². The number of fused-ring (bicyclic) bond motifs is 1. The fraction of sp³-hybridized carbons (Fsp3) is 0.217. The molecular formula is C23H23ClN5OS+. The first-order valence-electron chi connectivity index (χ1n) is 9.96. The third kappa shape index (κ3) is 5.57. The molecule has 0 aliphatic heterocycles. The SMILES string of the molecule is COc1ccc2nc(N=Nc3ccc(N(CCCl)CC[n+]4ccccc4)cc3)sc2c1. The second-order valence-electron chi connectivity index (χ2n) is 6.84. The molecule has 0 fully saturated rings. The Morgan fingerprint density at radius 3 is 2.58 bits per heavy atom. The smallest absolute Gasteiger partial charge is 0.231 e. The first-order valence-corrected chi connectivity index (χ1v) is 11.3. The summed E-state index contributed by atoms with van der Waals surface area (Å²) in [6.45, 7) is 2.55. The molecule has 4 rings (SSSR count). The van der Waals surface area contributed by atoms with E-state index in [1.54, 1.807) is 7.11 Å². The number of nitrogens with zero attached hydrogens (tertiary/aromatic N) is 5. The Morgan fingerprint density at radius 2 is 1.84 bits per heavy atom. The zero-order valence-electron chi connectivity index (χ0n) is 17.2. The van der Waals surface area contributed by atoms with Crippen molar-refractivity contribution in [2.75, 3.05) is 31.0 Å². The van der Waals surface area contributed by atoms with Gasteiger partial charge in [-0.15, -0.1) is 21.8 Å². The molecule has 0 spiro atoms. The summed E-state index contributed by atoms with van der Waals surface area (Å²) < 4.78 is 8.45. The van der Waals surface area contributed by atoms with Crippen LogP contribution in [0.2, 0.25) is 0 Å². The van der Waals surface area contributed by atoms with E-state index in [-0.39, 0.29) is 0 Å². The van der Waals surface area contributed by atoms with Gasteiger partial charge >= 0.3 is 0 Å². The minimum absolute atomic E-state index is 0.573. The van der Waals surface area contributed by atoms with Crippen molar-refractivity contribution in [3.8, 4) is 5.75 Å². The number of rotatable bonds is 9. The molecule has 2 aromatic carbocycles. The molecule has 158 valence electrons. The Morgan fingerprint density at radius 1 is 1.03 bits per heavy atom. The lowest BCUT2D eigenvalue weighted by atomic mass is 10.2. The molecule has 0 amide bonds. The van der Waals surface area contributed by atoms with Crippen molar-refractivity contribution in [3.05, 3.63) is 73.1 Å². The van der Waals surface area contributed by atoms with E-state index in [4.69, 9.17) is 16.3 Å². The zero-order chi connectivity index (χ0) is 21.5. The predicted octanol–water partition coefficient (Wildman–Crippen LogP) is 5.75. The number of ether oxygens (including phenoxy) is 1. The maximum absolute atomic E-state index is 6.03. The first-order chi connectivity index (χ1) is 15.2. The van der Waals surface area contributed by atoms with E-state index in [0.29, 0.717) is 11.0 Å². The largest absolute Gasteiger partial charge is 0.497 e. The van der Waals surface area contributed by atoms with Crippen molar-refractivity contribution in [1.82, 2.24) is 4.98 Å². The summed E-state index contributed by atoms with van der Waals surface area (Å²) in [6, 6.07) is 19.9. The summed E-state index contributed by atoms with van der Waals surface area (Å²) in [7, 11) is 1.65. The third-order valence-corrected chi connectivity index (χ3v) is 5.88. The molecule has 8 heteroatoms. The van der Waals surface area contributed by atoms with Crippen molar-refractivity contribution in [1.29, 1.82) is 0 Å². The van der Waals surface area contributed by atoms with Crippen LogP contribution in [0.5, 0.6) is 5.75 Å². The van der Waals surface area contributed by atoms with Gasteiger partial charge in [-0.05, 0) is 42.5 Å². The minimum atomic E-state index is 0.573. The van der Waals surface area contributed by atoms with E-state index in [2.05, 4.69) is 49.2 Å². The molecule has 0 bridgehead atoms. The van der Waals surface area contributed by atoms with E-state index in [9.17, 15) is 0 Å². The van der Waals surface area contributed by atoms with Gasteiger partial charge in [0.2, 0.25) is 5.13 Å². The summed E-state index contributed by atoms with van der Waals surface area (Å²) >= 11 is 7.52. The molecule has 2 heterocycles. The van der Waals surface area contributed by atoms with Gasteiger partial charge in [0, 0.05) is 30.2 Å². The molecule has 4 aromatic rings. The summed E-state index contributed by atoms with van der Waals surface area (Å²) in [5.74, 6) is 1.38. The molecule has 0 aliphatic rings. The topological polar surface area (TPSA) is 54.0 Å². The van der Waals surface area contributed by atoms with Gasteiger partial charge in [-0.1, -0.05) is 17.4 Å². The predicted molar refractivity (Wildman–Crippen MR) is 126 cm³/mol. The van der Waals surface area contributed by atoms with E-state index in [0.717, 1.165) is 47.0 Å². The Kier molecular flexibility index (Phi) is 7.07. The minimum Gasteiger partial charge on any atom is -0.497 e. The molecule has 0 saturated heterocycles. The fourth-order valence-corrected chi connectivity index (χ4v) is 4.20. The highest BCUT2D eigenvalue weighted by Gasteiger charge is 2.09. The van der Waals surface area contributed by atoms with Crippen LogP contribution in [-0.2, 0) is 6.54 Å². The highest BCUT2D eigenvalue weighted by molar-refractivity contribution is 7.21. The fourth-order valence-electron chi connectivity index (χ4n) is 3.18. The van der Waals surface area contributed by atoms with Gasteiger partial charge < -0.3 is 9.64 Å². The Labute approximate surface area is 190 Å². The number of thiazole rings is 1. The number of pyridine rings is 1. The number of methoxy groups -OCH3 is 1. The second-order valence-corrected chi connectivity index (χ2v) is 8.22. The lowest BCUT2D eigenvalue weighted by molar-refractivity contribution is -0.694. The summed E-state index contributed by atoms with van der Waals surface area (Å²) in [5, 5.41) is 9.28. The summed E-state index contributed by atoms with van der Waals surface area (Å²) in [6.07, 6.45) is 4.14. The van der Waals surface area contributed by atoms with Crippen molar-refractivity contribution >= 4 is 49.7 Å². The van der Waals surface area contributed by atoms with Gasteiger partial charge in [-0.25, -0.2) is 9.55 Å². The lowest BCUT2D eigenvalue weighted by Crippen LogP contribution is -2.40. The molecule has 0 atom stereocenters. The molecule has 31 heavy (non-hydrogen) atoms. The number of alkyl halides is 1. The first kappa shape index (κ1) is 21.2. The molecule has 0 saturated carbocycles. The number of azo groups is 1. The number of halogens is 1. The van der Waals surface area contributed by atoms with Crippen LogP contribution in [0.25, 0.3) is 10.2 Å². The van der Waals surface area contributed by atoms with Crippen molar-refractivity contribution in [2.45, 2.75) is 6.54 Å². The lowest BCUT2D eigenvalue weighted by Gasteiger charge is -2.22. The monoisotopic (exact) mass is 452 g/mol. The maximum atomic E-state index is 6.03. The Bertz CT molecular complexity index is 1150. The average molecular weight is 453 g/mol. The van der Waals surface area contributed by atoms with Crippen LogP contribution in [-0.4, -0.2) is 31.1 Å². The normalized spacial score (nSPS) is 11.3. The van der Waals surface area contributed by atoms with E-state index < -0.39 is 0 Å². The molecule has 0 N–H and O–H groups in total. The van der Waals surface area contributed by atoms with Gasteiger partial charge in [0.25, 0.3) is 0 Å². The van der Waals surface area contributed by atoms with Gasteiger partial charge in [0.15, 0.2) is 18.9 Å². The summed E-state index contributed by atoms with van der Waals surface area (Å²) in [5.41, 5.74) is 2.79. The van der Waals surface area contributed by atoms with Crippen LogP contribution >= 0.6 is 22.9 Å². The molecule has 0 radical (unpaired) electrons. The highest BCUT2D eigenvalue weighted by Crippen LogP contribution is 2.32. The number of hydrogen-bond donors (Lipinski definition) is 0. The van der Waals surface area contributed by atoms with Crippen LogP contribution in [0.3, 0.4) is 0 Å². The molecule has 0 unspecified atom stereocenters. The van der Waals surface area contributed by atoms with Crippen LogP contribution in [0, 0.1) is 0 Å². The second kappa shape index (κ2) is 10.3. The molecule has 0 aliphatic carbocycles. The third-order valence-electron chi connectivity index (χ3n) is 4.81. The highest BCUT2D eigenvalue weighted by atomic mass is 35.5. The van der Waals surface area contributed by atoms with Gasteiger partial charge in [0.05, 0.1) is 29.6 Å². The van der Waals surface area contributed by atoms with Gasteiger partial charge in [-0.3, -0.25) is 0 Å². The Balaban J connectivity index is 1.43. The standard InChI is InChI=1S/C23H23ClN5OS/c1-30-20-9-10-21-22(17-20)31-23(25-21)27-26-18-5-7-19(8-6-18)29(14-11-24)16-15-28-12-3-2-4-13-28/h2-10,12-13,17H,11,14-16H2,1H3/q+1. The zero-order valence-corrected chi connectivity index (χ0v) is 18.8. The molecule has 6 nitrogen and oxygen atoms in total. The van der Waals surface area contributed by atoms with E-state index in [1.165, 1.54) is 11.3 Å². The number of aromatic nitrogens is 2. The Hall–Kier alpha value is -3.03. The number of benzene rings is 2.